The minimum Gasteiger partial charge on any atom is -0.477 e. The van der Waals surface area contributed by atoms with E-state index in [0.717, 1.165) is 42.8 Å². The van der Waals surface area contributed by atoms with Crippen molar-refractivity contribution in [1.82, 2.24) is 15.2 Å². The number of aromatic carboxylic acids is 1. The summed E-state index contributed by atoms with van der Waals surface area (Å²) in [6, 6.07) is 7.05. The Morgan fingerprint density at radius 1 is 1.20 bits per heavy atom. The van der Waals surface area contributed by atoms with Crippen LogP contribution in [0.2, 0.25) is 0 Å². The molecule has 2 N–H and O–H groups in total. The number of amides is 1. The molecule has 0 aromatic carbocycles. The summed E-state index contributed by atoms with van der Waals surface area (Å²) in [6.45, 7) is 2.50. The number of nitrogens with zero attached hydrogens (tertiary/aromatic N) is 2. The second-order valence-electron chi connectivity index (χ2n) is 6.08. The third kappa shape index (κ3) is 4.43. The van der Waals surface area contributed by atoms with Gasteiger partial charge in [0.25, 0.3) is 5.91 Å². The van der Waals surface area contributed by atoms with Gasteiger partial charge in [0.2, 0.25) is 0 Å². The molecular weight excluding hydrogens is 338 g/mol. The van der Waals surface area contributed by atoms with Crippen LogP contribution in [-0.2, 0) is 0 Å². The molecule has 3 rings (SSSR count). The van der Waals surface area contributed by atoms with E-state index >= 15 is 0 Å². The van der Waals surface area contributed by atoms with Crippen molar-refractivity contribution < 1.29 is 14.7 Å². The first-order valence-electron chi connectivity index (χ1n) is 8.40. The highest BCUT2D eigenvalue weighted by Gasteiger charge is 2.23. The van der Waals surface area contributed by atoms with Crippen molar-refractivity contribution in [2.24, 2.45) is 0 Å². The minimum absolute atomic E-state index is 0.0804. The summed E-state index contributed by atoms with van der Waals surface area (Å²) < 4.78 is 0. The van der Waals surface area contributed by atoms with Crippen molar-refractivity contribution in [1.29, 1.82) is 0 Å². The Balaban J connectivity index is 1.69. The van der Waals surface area contributed by atoms with E-state index in [1.165, 1.54) is 12.5 Å². The zero-order valence-corrected chi connectivity index (χ0v) is 14.7. The van der Waals surface area contributed by atoms with Crippen LogP contribution >= 0.6 is 11.3 Å². The molecule has 0 saturated carbocycles. The van der Waals surface area contributed by atoms with Crippen LogP contribution in [0.4, 0.5) is 0 Å². The maximum Gasteiger partial charge on any atom is 0.345 e. The molecule has 2 aromatic rings. The summed E-state index contributed by atoms with van der Waals surface area (Å²) in [4.78, 5) is 30.5. The van der Waals surface area contributed by atoms with Crippen molar-refractivity contribution in [3.8, 4) is 0 Å². The van der Waals surface area contributed by atoms with Gasteiger partial charge in [-0.2, -0.15) is 0 Å². The minimum atomic E-state index is -1.01. The highest BCUT2D eigenvalue weighted by Crippen LogP contribution is 2.24. The van der Waals surface area contributed by atoms with E-state index in [2.05, 4.69) is 15.2 Å². The molecule has 1 saturated heterocycles. The van der Waals surface area contributed by atoms with Gasteiger partial charge in [-0.25, -0.2) is 4.79 Å². The molecule has 3 heterocycles. The normalized spacial score (nSPS) is 16.3. The van der Waals surface area contributed by atoms with Crippen molar-refractivity contribution in [2.45, 2.75) is 25.3 Å². The molecule has 1 aliphatic rings. The summed E-state index contributed by atoms with van der Waals surface area (Å²) in [5, 5.41) is 11.9. The molecule has 0 bridgehead atoms. The number of carbonyl (C=O) groups excluding carboxylic acids is 1. The van der Waals surface area contributed by atoms with E-state index in [1.807, 2.05) is 18.3 Å². The van der Waals surface area contributed by atoms with E-state index in [-0.39, 0.29) is 16.8 Å². The third-order valence-electron chi connectivity index (χ3n) is 4.40. The second kappa shape index (κ2) is 8.22. The van der Waals surface area contributed by atoms with E-state index in [0.29, 0.717) is 11.4 Å². The summed E-state index contributed by atoms with van der Waals surface area (Å²) in [7, 11) is 0. The van der Waals surface area contributed by atoms with Crippen LogP contribution in [0.5, 0.6) is 0 Å². The van der Waals surface area contributed by atoms with Crippen LogP contribution in [-0.4, -0.2) is 46.5 Å². The van der Waals surface area contributed by atoms with Crippen LogP contribution in [0.25, 0.3) is 0 Å². The summed E-state index contributed by atoms with van der Waals surface area (Å²) in [5.74, 6) is -1.24. The van der Waals surface area contributed by atoms with Gasteiger partial charge < -0.3 is 10.4 Å². The lowest BCUT2D eigenvalue weighted by Crippen LogP contribution is -2.40. The number of piperidine rings is 1. The van der Waals surface area contributed by atoms with Gasteiger partial charge in [0, 0.05) is 18.9 Å². The molecule has 132 valence electrons. The molecular formula is C18H21N3O3S. The molecule has 0 spiro atoms. The fourth-order valence-corrected chi connectivity index (χ4v) is 3.87. The average molecular weight is 359 g/mol. The number of nitrogens with one attached hydrogen (secondary N) is 1. The fraction of sp³-hybridized carbons (Fsp3) is 0.389. The Bertz CT molecular complexity index is 726. The Kier molecular flexibility index (Phi) is 5.78. The van der Waals surface area contributed by atoms with Crippen LogP contribution < -0.4 is 5.32 Å². The van der Waals surface area contributed by atoms with Crippen molar-refractivity contribution in [2.75, 3.05) is 19.6 Å². The number of carbonyl (C=O) groups is 2. The zero-order valence-electron chi connectivity index (χ0n) is 13.9. The van der Waals surface area contributed by atoms with Crippen LogP contribution in [0.3, 0.4) is 0 Å². The number of thiophene rings is 1. The molecule has 7 heteroatoms. The lowest BCUT2D eigenvalue weighted by molar-refractivity contribution is 0.0702. The molecule has 0 unspecified atom stereocenters. The van der Waals surface area contributed by atoms with Gasteiger partial charge in [-0.3, -0.25) is 14.7 Å². The SMILES string of the molecule is O=C(O)c1ccc(C(=O)NC[C@@H](c2cccnc2)N2CCCCC2)s1. The smallest absolute Gasteiger partial charge is 0.345 e. The van der Waals surface area contributed by atoms with Crippen LogP contribution in [0.15, 0.2) is 36.7 Å². The van der Waals surface area contributed by atoms with Crippen molar-refractivity contribution in [3.05, 3.63) is 52.0 Å². The fourth-order valence-electron chi connectivity index (χ4n) is 3.11. The molecule has 2 aromatic heterocycles. The van der Waals surface area contributed by atoms with Crippen LogP contribution in [0.1, 0.15) is 50.2 Å². The van der Waals surface area contributed by atoms with Gasteiger partial charge in [-0.1, -0.05) is 12.5 Å². The second-order valence-corrected chi connectivity index (χ2v) is 7.16. The monoisotopic (exact) mass is 359 g/mol. The lowest BCUT2D eigenvalue weighted by atomic mass is 10.0. The van der Waals surface area contributed by atoms with Gasteiger partial charge in [0.05, 0.1) is 10.9 Å². The quantitative estimate of drug-likeness (QED) is 0.829. The molecule has 1 amide bonds. The highest BCUT2D eigenvalue weighted by molar-refractivity contribution is 7.15. The van der Waals surface area contributed by atoms with Gasteiger partial charge in [-0.15, -0.1) is 11.3 Å². The van der Waals surface area contributed by atoms with E-state index in [4.69, 9.17) is 5.11 Å². The van der Waals surface area contributed by atoms with E-state index in [9.17, 15) is 9.59 Å². The Labute approximate surface area is 150 Å². The Morgan fingerprint density at radius 3 is 2.60 bits per heavy atom. The molecule has 1 fully saturated rings. The average Bonchev–Trinajstić information content (AvgIpc) is 3.14. The number of pyridine rings is 1. The zero-order chi connectivity index (χ0) is 17.6. The van der Waals surface area contributed by atoms with Gasteiger partial charge in [-0.05, 0) is 49.7 Å². The lowest BCUT2D eigenvalue weighted by Gasteiger charge is -2.34. The number of hydrogen-bond acceptors (Lipinski definition) is 5. The molecule has 1 atom stereocenters. The number of carboxylic acid groups (broad SMARTS) is 1. The van der Waals surface area contributed by atoms with Gasteiger partial charge in [0.15, 0.2) is 0 Å². The predicted molar refractivity (Wildman–Crippen MR) is 96.0 cm³/mol. The maximum atomic E-state index is 12.4. The molecule has 0 aliphatic carbocycles. The standard InChI is InChI=1S/C18H21N3O3S/c22-17(15-6-7-16(25-15)18(23)24)20-12-14(13-5-4-8-19-11-13)21-9-2-1-3-10-21/h4-8,11,14H,1-3,9-10,12H2,(H,20,22)(H,23,24)/t14-/m0/s1. The highest BCUT2D eigenvalue weighted by atomic mass is 32.1. The molecule has 0 radical (unpaired) electrons. The Hall–Kier alpha value is -2.25. The largest absolute Gasteiger partial charge is 0.477 e. The predicted octanol–water partition coefficient (Wildman–Crippen LogP) is 2.80. The topological polar surface area (TPSA) is 82.5 Å². The number of hydrogen-bond donors (Lipinski definition) is 2. The maximum absolute atomic E-state index is 12.4. The van der Waals surface area contributed by atoms with Gasteiger partial charge >= 0.3 is 5.97 Å². The summed E-state index contributed by atoms with van der Waals surface area (Å²) >= 11 is 0.995. The number of aromatic nitrogens is 1. The number of rotatable bonds is 6. The first-order chi connectivity index (χ1) is 12.1. The first-order valence-corrected chi connectivity index (χ1v) is 9.22. The number of likely N-dealkylation sites (tertiary alicyclic amines) is 1. The molecule has 1 aliphatic heterocycles. The van der Waals surface area contributed by atoms with Crippen molar-refractivity contribution >= 4 is 23.2 Å². The van der Waals surface area contributed by atoms with Crippen LogP contribution in [0, 0.1) is 0 Å². The van der Waals surface area contributed by atoms with Crippen molar-refractivity contribution in [3.63, 3.8) is 0 Å². The van der Waals surface area contributed by atoms with E-state index < -0.39 is 5.97 Å². The summed E-state index contributed by atoms with van der Waals surface area (Å²) in [5.41, 5.74) is 1.09. The molecule has 25 heavy (non-hydrogen) atoms. The third-order valence-corrected chi connectivity index (χ3v) is 5.47. The summed E-state index contributed by atoms with van der Waals surface area (Å²) in [6.07, 6.45) is 7.17. The Morgan fingerprint density at radius 2 is 1.96 bits per heavy atom. The number of carboxylic acids is 1. The molecule has 6 nitrogen and oxygen atoms in total. The van der Waals surface area contributed by atoms with Gasteiger partial charge in [0.1, 0.15) is 4.88 Å². The first kappa shape index (κ1) is 17.6. The van der Waals surface area contributed by atoms with E-state index in [1.54, 1.807) is 12.3 Å².